The minimum atomic E-state index is -0.736. The van der Waals surface area contributed by atoms with Crippen molar-refractivity contribution in [1.29, 1.82) is 0 Å². The lowest BCUT2D eigenvalue weighted by Crippen LogP contribution is -2.56. The maximum atomic E-state index is 12.8. The number of hydrogen-bond acceptors (Lipinski definition) is 6. The summed E-state index contributed by atoms with van der Waals surface area (Å²) in [6, 6.07) is 15.2. The van der Waals surface area contributed by atoms with Gasteiger partial charge in [0.2, 0.25) is 11.8 Å². The molecule has 1 fully saturated rings. The summed E-state index contributed by atoms with van der Waals surface area (Å²) in [5.74, 6) is -0.0225. The molecule has 0 unspecified atom stereocenters. The van der Waals surface area contributed by atoms with Crippen LogP contribution >= 0.6 is 0 Å². The van der Waals surface area contributed by atoms with Crippen molar-refractivity contribution in [2.45, 2.75) is 19.1 Å². The first kappa shape index (κ1) is 20.5. The third-order valence-corrected chi connectivity index (χ3v) is 4.96. The Kier molecular flexibility index (Phi) is 6.23. The largest absolute Gasteiger partial charge is 0.463 e. The van der Waals surface area contributed by atoms with E-state index in [1.165, 1.54) is 21.9 Å². The van der Waals surface area contributed by atoms with Crippen LogP contribution in [0.25, 0.3) is 11.5 Å². The normalized spacial score (nSPS) is 16.3. The van der Waals surface area contributed by atoms with Crippen LogP contribution in [0.1, 0.15) is 5.56 Å². The molecule has 31 heavy (non-hydrogen) atoms. The Hall–Kier alpha value is -3.72. The monoisotopic (exact) mass is 422 g/mol. The van der Waals surface area contributed by atoms with Crippen LogP contribution in [0.3, 0.4) is 0 Å². The standard InChI is InChI=1S/C22H22N4O5/c27-20-9-8-17(19-7-4-12-31-19)24-26(20)11-10-23-22(29)18-14-30-15-21(28)25(18)13-16-5-2-1-3-6-16/h1-9,12,18H,10-11,13-15H2,(H,23,29)/t18-/m1/s1. The van der Waals surface area contributed by atoms with E-state index in [9.17, 15) is 14.4 Å². The van der Waals surface area contributed by atoms with E-state index < -0.39 is 6.04 Å². The molecule has 160 valence electrons. The summed E-state index contributed by atoms with van der Waals surface area (Å²) >= 11 is 0. The van der Waals surface area contributed by atoms with Gasteiger partial charge in [0, 0.05) is 19.2 Å². The molecule has 2 aromatic heterocycles. The maximum absolute atomic E-state index is 12.8. The van der Waals surface area contributed by atoms with Gasteiger partial charge in [-0.3, -0.25) is 14.4 Å². The summed E-state index contributed by atoms with van der Waals surface area (Å²) in [6.07, 6.45) is 1.53. The Morgan fingerprint density at radius 2 is 1.94 bits per heavy atom. The Balaban J connectivity index is 1.39. The fourth-order valence-electron chi connectivity index (χ4n) is 3.37. The number of carbonyl (C=O) groups excluding carboxylic acids is 2. The molecule has 3 aromatic rings. The molecule has 2 amide bonds. The van der Waals surface area contributed by atoms with Crippen molar-refractivity contribution < 1.29 is 18.7 Å². The van der Waals surface area contributed by atoms with Gasteiger partial charge in [0.25, 0.3) is 5.56 Å². The van der Waals surface area contributed by atoms with Gasteiger partial charge in [0.1, 0.15) is 18.3 Å². The van der Waals surface area contributed by atoms with Crippen LogP contribution in [0.4, 0.5) is 0 Å². The highest BCUT2D eigenvalue weighted by atomic mass is 16.5. The van der Waals surface area contributed by atoms with E-state index in [4.69, 9.17) is 9.15 Å². The second kappa shape index (κ2) is 9.40. The van der Waals surface area contributed by atoms with Crippen LogP contribution in [-0.2, 0) is 27.4 Å². The molecule has 1 N–H and O–H groups in total. The number of benzene rings is 1. The van der Waals surface area contributed by atoms with Gasteiger partial charge in [-0.25, -0.2) is 4.68 Å². The molecule has 0 spiro atoms. The average Bonchev–Trinajstić information content (AvgIpc) is 3.32. The summed E-state index contributed by atoms with van der Waals surface area (Å²) in [4.78, 5) is 38.8. The second-order valence-electron chi connectivity index (χ2n) is 7.09. The first-order valence-electron chi connectivity index (χ1n) is 9.93. The SMILES string of the molecule is O=C(NCCn1nc(-c2ccco2)ccc1=O)[C@H]1COCC(=O)N1Cc1ccccc1. The highest BCUT2D eigenvalue weighted by Crippen LogP contribution is 2.15. The summed E-state index contributed by atoms with van der Waals surface area (Å²) in [5, 5.41) is 7.06. The molecule has 1 atom stereocenters. The van der Waals surface area contributed by atoms with E-state index in [1.807, 2.05) is 30.3 Å². The van der Waals surface area contributed by atoms with Gasteiger partial charge in [-0.1, -0.05) is 30.3 Å². The van der Waals surface area contributed by atoms with Crippen LogP contribution in [0.5, 0.6) is 0 Å². The van der Waals surface area contributed by atoms with Gasteiger partial charge in [-0.05, 0) is 23.8 Å². The van der Waals surface area contributed by atoms with E-state index in [-0.39, 0.29) is 43.7 Å². The van der Waals surface area contributed by atoms with Gasteiger partial charge in [-0.15, -0.1) is 0 Å². The number of aromatic nitrogens is 2. The first-order valence-corrected chi connectivity index (χ1v) is 9.93. The molecule has 9 heteroatoms. The Bertz CT molecular complexity index is 1090. The van der Waals surface area contributed by atoms with Crippen LogP contribution < -0.4 is 10.9 Å². The lowest BCUT2D eigenvalue weighted by atomic mass is 10.1. The van der Waals surface area contributed by atoms with Crippen LogP contribution in [0.15, 0.2) is 70.1 Å². The molecule has 1 aromatic carbocycles. The highest BCUT2D eigenvalue weighted by molar-refractivity contribution is 5.89. The van der Waals surface area contributed by atoms with Gasteiger partial charge in [0.15, 0.2) is 5.76 Å². The lowest BCUT2D eigenvalue weighted by Gasteiger charge is -2.34. The third-order valence-electron chi connectivity index (χ3n) is 4.96. The van der Waals surface area contributed by atoms with Gasteiger partial charge < -0.3 is 19.4 Å². The Morgan fingerprint density at radius 3 is 2.71 bits per heavy atom. The predicted octanol–water partition coefficient (Wildman–Crippen LogP) is 1.05. The Morgan fingerprint density at radius 1 is 1.10 bits per heavy atom. The van der Waals surface area contributed by atoms with Crippen molar-refractivity contribution >= 4 is 11.8 Å². The first-order chi connectivity index (χ1) is 15.1. The number of amides is 2. The molecular weight excluding hydrogens is 400 g/mol. The summed E-state index contributed by atoms with van der Waals surface area (Å²) in [6.45, 7) is 0.760. The van der Waals surface area contributed by atoms with Crippen molar-refractivity contribution in [2.24, 2.45) is 0 Å². The van der Waals surface area contributed by atoms with Crippen LogP contribution in [0, 0.1) is 0 Å². The minimum Gasteiger partial charge on any atom is -0.463 e. The number of rotatable bonds is 7. The topological polar surface area (TPSA) is 107 Å². The maximum Gasteiger partial charge on any atom is 0.266 e. The van der Waals surface area contributed by atoms with Gasteiger partial charge >= 0.3 is 0 Å². The number of nitrogens with one attached hydrogen (secondary N) is 1. The van der Waals surface area contributed by atoms with E-state index in [2.05, 4.69) is 10.4 Å². The van der Waals surface area contributed by atoms with Crippen molar-refractivity contribution in [3.8, 4) is 11.5 Å². The van der Waals surface area contributed by atoms with E-state index in [0.717, 1.165) is 5.56 Å². The second-order valence-corrected chi connectivity index (χ2v) is 7.09. The molecule has 9 nitrogen and oxygen atoms in total. The average molecular weight is 422 g/mol. The highest BCUT2D eigenvalue weighted by Gasteiger charge is 2.33. The molecule has 0 saturated carbocycles. The molecule has 0 bridgehead atoms. The summed E-state index contributed by atoms with van der Waals surface area (Å²) in [7, 11) is 0. The number of morpholine rings is 1. The number of nitrogens with zero attached hydrogens (tertiary/aromatic N) is 3. The van der Waals surface area contributed by atoms with Gasteiger partial charge in [0.05, 0.1) is 19.4 Å². The molecule has 1 aliphatic heterocycles. The summed E-state index contributed by atoms with van der Waals surface area (Å²) < 4.78 is 11.9. The van der Waals surface area contributed by atoms with Crippen molar-refractivity contribution in [3.05, 3.63) is 76.8 Å². The third kappa shape index (κ3) is 4.89. The molecule has 3 heterocycles. The summed E-state index contributed by atoms with van der Waals surface area (Å²) in [5.41, 5.74) is 1.17. The number of furan rings is 1. The van der Waals surface area contributed by atoms with Crippen molar-refractivity contribution in [1.82, 2.24) is 20.0 Å². The van der Waals surface area contributed by atoms with Crippen molar-refractivity contribution in [3.63, 3.8) is 0 Å². The van der Waals surface area contributed by atoms with E-state index in [0.29, 0.717) is 18.0 Å². The van der Waals surface area contributed by atoms with E-state index >= 15 is 0 Å². The molecule has 4 rings (SSSR count). The molecule has 0 radical (unpaired) electrons. The zero-order valence-electron chi connectivity index (χ0n) is 16.8. The zero-order chi connectivity index (χ0) is 21.6. The molecule has 0 aliphatic carbocycles. The fourth-order valence-corrected chi connectivity index (χ4v) is 3.37. The number of ether oxygens (including phenoxy) is 1. The molecule has 1 aliphatic rings. The van der Waals surface area contributed by atoms with E-state index in [1.54, 1.807) is 18.2 Å². The number of carbonyl (C=O) groups is 2. The Labute approximate surface area is 178 Å². The van der Waals surface area contributed by atoms with Crippen molar-refractivity contribution in [2.75, 3.05) is 19.8 Å². The minimum absolute atomic E-state index is 0.0461. The zero-order valence-corrected chi connectivity index (χ0v) is 16.8. The lowest BCUT2D eigenvalue weighted by molar-refractivity contribution is -0.155. The smallest absolute Gasteiger partial charge is 0.266 e. The number of hydrogen-bond donors (Lipinski definition) is 1. The predicted molar refractivity (Wildman–Crippen MR) is 111 cm³/mol. The molecule has 1 saturated heterocycles. The fraction of sp³-hybridized carbons (Fsp3) is 0.273. The van der Waals surface area contributed by atoms with Gasteiger partial charge in [-0.2, -0.15) is 5.10 Å². The molecular formula is C22H22N4O5. The van der Waals surface area contributed by atoms with Crippen LogP contribution in [0.2, 0.25) is 0 Å². The van der Waals surface area contributed by atoms with Crippen LogP contribution in [-0.4, -0.2) is 52.3 Å². The quantitative estimate of drug-likeness (QED) is 0.610.